The number of hydrogen-bond acceptors (Lipinski definition) is 2. The largest absolute Gasteiger partial charge is 0.494 e. The number of benzene rings is 1. The zero-order valence-corrected chi connectivity index (χ0v) is 18.0. The summed E-state index contributed by atoms with van der Waals surface area (Å²) in [5, 5.41) is 0. The normalized spacial score (nSPS) is 15.7. The number of hydrogen-bond donors (Lipinski definition) is 0. The van der Waals surface area contributed by atoms with Crippen molar-refractivity contribution in [1.82, 2.24) is 0 Å². The first kappa shape index (κ1) is 32.0. The number of halogens is 15. The predicted molar refractivity (Wildman–Crippen MR) is 92.3 cm³/mol. The number of alkyl halides is 15. The lowest BCUT2D eigenvalue weighted by atomic mass is 9.88. The Morgan fingerprint density at radius 3 is 1.61 bits per heavy atom. The molecule has 1 atom stereocenters. The molecule has 0 saturated carbocycles. The zero-order valence-electron chi connectivity index (χ0n) is 18.0. The van der Waals surface area contributed by atoms with Crippen LogP contribution in [0.25, 0.3) is 0 Å². The Bertz CT molecular complexity index is 880. The van der Waals surface area contributed by atoms with Crippen LogP contribution >= 0.6 is 0 Å². The molecule has 0 aliphatic rings. The lowest BCUT2D eigenvalue weighted by Gasteiger charge is -2.42. The van der Waals surface area contributed by atoms with Gasteiger partial charge in [0, 0.05) is 13.5 Å². The van der Waals surface area contributed by atoms with Crippen LogP contribution in [0, 0.1) is 0 Å². The molecule has 210 valence electrons. The van der Waals surface area contributed by atoms with Gasteiger partial charge in [-0.1, -0.05) is 19.1 Å². The van der Waals surface area contributed by atoms with Crippen molar-refractivity contribution in [3.8, 4) is 5.75 Å². The first-order chi connectivity index (χ1) is 16.0. The number of ether oxygens (including phenoxy) is 2. The van der Waals surface area contributed by atoms with E-state index in [9.17, 15) is 65.9 Å². The predicted octanol–water partition coefficient (Wildman–Crippen LogP) is 7.93. The van der Waals surface area contributed by atoms with Crippen LogP contribution in [0.1, 0.15) is 31.4 Å². The van der Waals surface area contributed by atoms with Gasteiger partial charge in [-0.15, -0.1) is 0 Å². The molecule has 0 aliphatic carbocycles. The Labute approximate surface area is 193 Å². The maximum Gasteiger partial charge on any atom is 0.460 e. The van der Waals surface area contributed by atoms with Crippen LogP contribution in [-0.4, -0.2) is 55.4 Å². The van der Waals surface area contributed by atoms with E-state index in [0.717, 1.165) is 18.2 Å². The second-order valence-electron chi connectivity index (χ2n) is 7.42. The molecule has 1 unspecified atom stereocenters. The smallest absolute Gasteiger partial charge is 0.460 e. The van der Waals surface area contributed by atoms with Gasteiger partial charge in [-0.25, -0.2) is 0 Å². The highest BCUT2D eigenvalue weighted by Gasteiger charge is 2.93. The van der Waals surface area contributed by atoms with Crippen LogP contribution in [0.5, 0.6) is 5.75 Å². The molecule has 1 aromatic rings. The molecule has 0 bridgehead atoms. The van der Waals surface area contributed by atoms with E-state index < -0.39 is 59.8 Å². The van der Waals surface area contributed by atoms with Gasteiger partial charge in [-0.2, -0.15) is 65.9 Å². The quantitative estimate of drug-likeness (QED) is 0.241. The van der Waals surface area contributed by atoms with Gasteiger partial charge in [-0.3, -0.25) is 0 Å². The summed E-state index contributed by atoms with van der Waals surface area (Å²) in [5.41, 5.74) is -0.467. The second kappa shape index (κ2) is 10.0. The first-order valence-corrected chi connectivity index (χ1v) is 9.55. The Morgan fingerprint density at radius 1 is 0.694 bits per heavy atom. The van der Waals surface area contributed by atoms with Crippen molar-refractivity contribution in [2.75, 3.05) is 13.7 Å². The molecule has 0 N–H and O–H groups in total. The number of methoxy groups -OCH3 is 1. The minimum atomic E-state index is -8.32. The molecule has 17 heteroatoms. The topological polar surface area (TPSA) is 18.5 Å². The molecular weight excluding hydrogens is 545 g/mol. The summed E-state index contributed by atoms with van der Waals surface area (Å²) < 4.78 is 210. The molecule has 1 aromatic carbocycles. The first-order valence-electron chi connectivity index (χ1n) is 9.55. The van der Waals surface area contributed by atoms with Gasteiger partial charge in [0.05, 0.1) is 12.7 Å². The summed E-state index contributed by atoms with van der Waals surface area (Å²) in [4.78, 5) is 0. The summed E-state index contributed by atoms with van der Waals surface area (Å²) in [6.45, 7) is 1.74. The van der Waals surface area contributed by atoms with E-state index in [1.165, 1.54) is 6.07 Å². The molecular formula is C19H17F15O2. The fourth-order valence-corrected chi connectivity index (χ4v) is 2.72. The van der Waals surface area contributed by atoms with Crippen LogP contribution in [0.3, 0.4) is 0 Å². The van der Waals surface area contributed by atoms with E-state index >= 15 is 0 Å². The monoisotopic (exact) mass is 562 g/mol. The maximum absolute atomic E-state index is 14.2. The van der Waals surface area contributed by atoms with Crippen LogP contribution in [0.15, 0.2) is 24.3 Å². The van der Waals surface area contributed by atoms with E-state index in [1.807, 2.05) is 0 Å². The molecule has 1 rings (SSSR count). The molecule has 0 saturated heterocycles. The highest BCUT2D eigenvalue weighted by Crippen LogP contribution is 2.63. The van der Waals surface area contributed by atoms with Crippen molar-refractivity contribution >= 4 is 0 Å². The fraction of sp³-hybridized carbons (Fsp3) is 0.684. The molecule has 2 nitrogen and oxygen atoms in total. The third-order valence-corrected chi connectivity index (χ3v) is 4.82. The van der Waals surface area contributed by atoms with Crippen LogP contribution in [0.2, 0.25) is 0 Å². The summed E-state index contributed by atoms with van der Waals surface area (Å²) in [5.74, 6) is -46.8. The minimum Gasteiger partial charge on any atom is -0.494 e. The molecule has 0 aromatic heterocycles. The summed E-state index contributed by atoms with van der Waals surface area (Å²) in [7, 11) is 0.587. The van der Waals surface area contributed by atoms with Crippen molar-refractivity contribution < 1.29 is 75.3 Å². The van der Waals surface area contributed by atoms with Crippen molar-refractivity contribution in [1.29, 1.82) is 0 Å². The van der Waals surface area contributed by atoms with Crippen molar-refractivity contribution in [3.05, 3.63) is 29.8 Å². The molecule has 0 fully saturated rings. The van der Waals surface area contributed by atoms with E-state index in [4.69, 9.17) is 4.74 Å². The van der Waals surface area contributed by atoms with Crippen molar-refractivity contribution in [3.63, 3.8) is 0 Å². The zero-order chi connectivity index (χ0) is 28.6. The Kier molecular flexibility index (Phi) is 8.88. The SMILES string of the molecule is CCCOc1cccc(C(CC(F)(F)C(F)(F)C(F)(F)C(F)(F)C(F)(F)C(F)(F)C(F)(F)F)OC)c1. The maximum atomic E-state index is 14.2. The lowest BCUT2D eigenvalue weighted by Crippen LogP contribution is -2.72. The number of rotatable bonds is 12. The fourth-order valence-electron chi connectivity index (χ4n) is 2.72. The Hall–Kier alpha value is -2.07. The van der Waals surface area contributed by atoms with Crippen LogP contribution in [0.4, 0.5) is 65.9 Å². The van der Waals surface area contributed by atoms with Crippen molar-refractivity contribution in [2.24, 2.45) is 0 Å². The van der Waals surface area contributed by atoms with Gasteiger partial charge >= 0.3 is 41.7 Å². The second-order valence-corrected chi connectivity index (χ2v) is 7.42. The van der Waals surface area contributed by atoms with Crippen LogP contribution < -0.4 is 4.74 Å². The van der Waals surface area contributed by atoms with E-state index in [-0.39, 0.29) is 12.4 Å². The molecule has 0 amide bonds. The molecule has 0 spiro atoms. The average Bonchev–Trinajstić information content (AvgIpc) is 2.74. The molecule has 0 aliphatic heterocycles. The highest BCUT2D eigenvalue weighted by atomic mass is 19.4. The van der Waals surface area contributed by atoms with E-state index in [0.29, 0.717) is 13.5 Å². The minimum absolute atomic E-state index is 0.0580. The van der Waals surface area contributed by atoms with Gasteiger partial charge < -0.3 is 9.47 Å². The summed E-state index contributed by atoms with van der Waals surface area (Å²) >= 11 is 0. The Balaban J connectivity index is 3.45. The third kappa shape index (κ3) is 5.16. The highest BCUT2D eigenvalue weighted by molar-refractivity contribution is 5.30. The molecule has 0 heterocycles. The Morgan fingerprint density at radius 2 is 1.17 bits per heavy atom. The van der Waals surface area contributed by atoms with Gasteiger partial charge in [0.1, 0.15) is 5.75 Å². The average molecular weight is 562 g/mol. The van der Waals surface area contributed by atoms with E-state index in [1.54, 1.807) is 6.92 Å². The lowest BCUT2D eigenvalue weighted by molar-refractivity contribution is -0.453. The van der Waals surface area contributed by atoms with Crippen LogP contribution in [-0.2, 0) is 4.74 Å². The van der Waals surface area contributed by atoms with E-state index in [2.05, 4.69) is 4.74 Å². The van der Waals surface area contributed by atoms with Gasteiger partial charge in [0.2, 0.25) is 0 Å². The van der Waals surface area contributed by atoms with Crippen molar-refractivity contribution in [2.45, 2.75) is 67.6 Å². The summed E-state index contributed by atoms with van der Waals surface area (Å²) in [6, 6.07) is 4.18. The van der Waals surface area contributed by atoms with Gasteiger partial charge in [0.25, 0.3) is 0 Å². The summed E-state index contributed by atoms with van der Waals surface area (Å²) in [6.07, 6.45) is -12.1. The van der Waals surface area contributed by atoms with Gasteiger partial charge in [-0.05, 0) is 24.1 Å². The van der Waals surface area contributed by atoms with Gasteiger partial charge in [0.15, 0.2) is 0 Å². The molecule has 0 radical (unpaired) electrons. The standard InChI is InChI=1S/C19H17F15O2/c1-3-7-36-11-6-4-5-10(8-11)12(35-2)9-13(20,21)14(22,23)15(24,25)16(26,27)17(28,29)18(30,31)19(32,33)34/h4-6,8,12H,3,7,9H2,1-2H3. The molecule has 36 heavy (non-hydrogen) atoms. The third-order valence-electron chi connectivity index (χ3n) is 4.82.